The van der Waals surface area contributed by atoms with E-state index in [1.54, 1.807) is 26.4 Å². The maximum absolute atomic E-state index is 10.8. The number of ether oxygens (including phenoxy) is 2. The van der Waals surface area contributed by atoms with Gasteiger partial charge >= 0.3 is 0 Å². The Kier molecular flexibility index (Phi) is 6.31. The van der Waals surface area contributed by atoms with Crippen molar-refractivity contribution in [3.05, 3.63) is 63.5 Å². The number of non-ortho nitro benzene ring substituents is 1. The summed E-state index contributed by atoms with van der Waals surface area (Å²) in [6.07, 6.45) is 0. The number of rotatable bonds is 8. The van der Waals surface area contributed by atoms with Gasteiger partial charge in [-0.1, -0.05) is 0 Å². The quantitative estimate of drug-likeness (QED) is 0.401. The van der Waals surface area contributed by atoms with Gasteiger partial charge in [0.1, 0.15) is 0 Å². The van der Waals surface area contributed by atoms with E-state index in [1.807, 2.05) is 33.0 Å². The second-order valence-electron chi connectivity index (χ2n) is 6.97. The molecule has 3 rings (SSSR count). The van der Waals surface area contributed by atoms with Crippen LogP contribution in [0.25, 0.3) is 11.5 Å². The van der Waals surface area contributed by atoms with Gasteiger partial charge in [0.2, 0.25) is 11.8 Å². The van der Waals surface area contributed by atoms with E-state index in [0.29, 0.717) is 35.4 Å². The predicted molar refractivity (Wildman–Crippen MR) is 111 cm³/mol. The minimum atomic E-state index is -0.448. The molecule has 0 spiro atoms. The van der Waals surface area contributed by atoms with E-state index in [-0.39, 0.29) is 11.7 Å². The molecule has 0 aliphatic heterocycles. The average Bonchev–Trinajstić information content (AvgIpc) is 3.24. The number of nitrogens with zero attached hydrogens (tertiary/aromatic N) is 4. The van der Waals surface area contributed by atoms with E-state index in [1.165, 1.54) is 12.1 Å². The molecule has 1 heterocycles. The van der Waals surface area contributed by atoms with Crippen LogP contribution in [0.3, 0.4) is 0 Å². The lowest BCUT2D eigenvalue weighted by molar-refractivity contribution is -0.384. The fraction of sp³-hybridized carbons (Fsp3) is 0.333. The lowest BCUT2D eigenvalue weighted by Crippen LogP contribution is -2.22. The molecular formula is C21H24N4O5. The van der Waals surface area contributed by atoms with Crippen molar-refractivity contribution in [2.24, 2.45) is 0 Å². The Balaban J connectivity index is 1.76. The van der Waals surface area contributed by atoms with E-state index in [0.717, 1.165) is 11.1 Å². The van der Waals surface area contributed by atoms with Crippen molar-refractivity contribution in [1.29, 1.82) is 0 Å². The minimum Gasteiger partial charge on any atom is -0.493 e. The van der Waals surface area contributed by atoms with Gasteiger partial charge in [-0.25, -0.2) is 0 Å². The first kappa shape index (κ1) is 21.3. The smallest absolute Gasteiger partial charge is 0.269 e. The fourth-order valence-corrected chi connectivity index (χ4v) is 3.03. The maximum atomic E-state index is 10.8. The first-order valence-electron chi connectivity index (χ1n) is 9.34. The molecule has 0 fully saturated rings. The largest absolute Gasteiger partial charge is 0.493 e. The highest BCUT2D eigenvalue weighted by atomic mass is 16.6. The number of benzene rings is 2. The molecule has 0 N–H and O–H groups in total. The number of aryl methyl sites for hydroxylation is 1. The minimum absolute atomic E-state index is 0.0110. The van der Waals surface area contributed by atoms with Crippen molar-refractivity contribution in [2.75, 3.05) is 21.3 Å². The third-order valence-corrected chi connectivity index (χ3v) is 5.05. The summed E-state index contributed by atoms with van der Waals surface area (Å²) < 4.78 is 16.6. The van der Waals surface area contributed by atoms with Crippen LogP contribution in [-0.2, 0) is 6.54 Å². The Bertz CT molecular complexity index is 1030. The molecule has 30 heavy (non-hydrogen) atoms. The van der Waals surface area contributed by atoms with Gasteiger partial charge in [-0.2, -0.15) is 0 Å². The molecule has 0 aliphatic carbocycles. The molecule has 2 aromatic carbocycles. The van der Waals surface area contributed by atoms with Crippen LogP contribution in [0.15, 0.2) is 40.8 Å². The third-order valence-electron chi connectivity index (χ3n) is 5.05. The summed E-state index contributed by atoms with van der Waals surface area (Å²) in [7, 11) is 5.20. The second-order valence-corrected chi connectivity index (χ2v) is 6.97. The predicted octanol–water partition coefficient (Wildman–Crippen LogP) is 4.16. The van der Waals surface area contributed by atoms with E-state index < -0.39 is 4.92 Å². The normalized spacial score (nSPS) is 12.1. The molecule has 0 saturated carbocycles. The Labute approximate surface area is 174 Å². The van der Waals surface area contributed by atoms with Gasteiger partial charge in [-0.3, -0.25) is 15.0 Å². The number of hydrogen-bond acceptors (Lipinski definition) is 8. The van der Waals surface area contributed by atoms with E-state index in [4.69, 9.17) is 13.9 Å². The van der Waals surface area contributed by atoms with Crippen LogP contribution >= 0.6 is 0 Å². The highest BCUT2D eigenvalue weighted by Gasteiger charge is 2.21. The van der Waals surface area contributed by atoms with Crippen LogP contribution in [0.5, 0.6) is 11.5 Å². The van der Waals surface area contributed by atoms with Gasteiger partial charge in [-0.15, -0.1) is 10.2 Å². The summed E-state index contributed by atoms with van der Waals surface area (Å²) in [6.45, 7) is 4.64. The Hall–Kier alpha value is -3.46. The van der Waals surface area contributed by atoms with Gasteiger partial charge in [0.15, 0.2) is 11.5 Å². The molecule has 1 aromatic heterocycles. The van der Waals surface area contributed by atoms with Gasteiger partial charge in [0.25, 0.3) is 5.69 Å². The summed E-state index contributed by atoms with van der Waals surface area (Å²) in [5.41, 5.74) is 2.82. The Morgan fingerprint density at radius 2 is 1.77 bits per heavy atom. The van der Waals surface area contributed by atoms with Gasteiger partial charge in [0, 0.05) is 24.2 Å². The zero-order chi connectivity index (χ0) is 21.8. The van der Waals surface area contributed by atoms with Gasteiger partial charge in [0.05, 0.1) is 25.2 Å². The van der Waals surface area contributed by atoms with Crippen molar-refractivity contribution in [3.8, 4) is 23.0 Å². The standard InChI is InChI=1S/C21H24N4O5/c1-13-10-18(28-4)19(29-5)11-16(13)12-24(3)14(2)20-22-23-21(30-20)15-6-8-17(9-7-15)25(26)27/h6-11,14H,12H2,1-5H3/t14-/m1/s1. The zero-order valence-electron chi connectivity index (χ0n) is 17.6. The summed E-state index contributed by atoms with van der Waals surface area (Å²) in [4.78, 5) is 12.4. The molecule has 0 bridgehead atoms. The topological polar surface area (TPSA) is 104 Å². The molecular weight excluding hydrogens is 388 g/mol. The van der Waals surface area contributed by atoms with Crippen molar-refractivity contribution >= 4 is 5.69 Å². The van der Waals surface area contributed by atoms with Crippen LogP contribution in [0.4, 0.5) is 5.69 Å². The molecule has 9 nitrogen and oxygen atoms in total. The monoisotopic (exact) mass is 412 g/mol. The molecule has 9 heteroatoms. The van der Waals surface area contributed by atoms with Crippen LogP contribution in [0, 0.1) is 17.0 Å². The van der Waals surface area contributed by atoms with Crippen molar-refractivity contribution in [2.45, 2.75) is 26.4 Å². The summed E-state index contributed by atoms with van der Waals surface area (Å²) in [5, 5.41) is 19.0. The molecule has 0 radical (unpaired) electrons. The zero-order valence-corrected chi connectivity index (χ0v) is 17.6. The SMILES string of the molecule is COc1cc(C)c(CN(C)[C@H](C)c2nnc(-c3ccc([N+](=O)[O-])cc3)o2)cc1OC. The van der Waals surface area contributed by atoms with Crippen molar-refractivity contribution < 1.29 is 18.8 Å². The first-order valence-corrected chi connectivity index (χ1v) is 9.34. The maximum Gasteiger partial charge on any atom is 0.269 e. The van der Waals surface area contributed by atoms with Crippen molar-refractivity contribution in [3.63, 3.8) is 0 Å². The van der Waals surface area contributed by atoms with E-state index in [9.17, 15) is 10.1 Å². The summed E-state index contributed by atoms with van der Waals surface area (Å²) in [5.74, 6) is 2.16. The summed E-state index contributed by atoms with van der Waals surface area (Å²) in [6, 6.07) is 9.79. The lowest BCUT2D eigenvalue weighted by Gasteiger charge is -2.23. The van der Waals surface area contributed by atoms with Crippen LogP contribution < -0.4 is 9.47 Å². The molecule has 0 saturated heterocycles. The fourth-order valence-electron chi connectivity index (χ4n) is 3.03. The first-order chi connectivity index (χ1) is 14.3. The number of methoxy groups -OCH3 is 2. The molecule has 0 unspecified atom stereocenters. The number of nitro benzene ring substituents is 1. The second kappa shape index (κ2) is 8.91. The highest BCUT2D eigenvalue weighted by molar-refractivity contribution is 5.55. The van der Waals surface area contributed by atoms with Crippen LogP contribution in [0.2, 0.25) is 0 Å². The number of nitro groups is 1. The summed E-state index contributed by atoms with van der Waals surface area (Å²) >= 11 is 0. The molecule has 158 valence electrons. The average molecular weight is 412 g/mol. The Morgan fingerprint density at radius 3 is 2.37 bits per heavy atom. The van der Waals surface area contributed by atoms with Gasteiger partial charge in [-0.05, 0) is 56.3 Å². The molecule has 0 amide bonds. The highest BCUT2D eigenvalue weighted by Crippen LogP contribution is 2.32. The third kappa shape index (κ3) is 4.41. The van der Waals surface area contributed by atoms with E-state index in [2.05, 4.69) is 15.1 Å². The number of aromatic nitrogens is 2. The van der Waals surface area contributed by atoms with E-state index >= 15 is 0 Å². The number of hydrogen-bond donors (Lipinski definition) is 0. The Morgan fingerprint density at radius 1 is 1.13 bits per heavy atom. The van der Waals surface area contributed by atoms with Crippen LogP contribution in [0.1, 0.15) is 30.0 Å². The van der Waals surface area contributed by atoms with Gasteiger partial charge < -0.3 is 13.9 Å². The molecule has 0 aliphatic rings. The molecule has 3 aromatic rings. The molecule has 1 atom stereocenters. The van der Waals surface area contributed by atoms with Crippen LogP contribution in [-0.4, -0.2) is 41.3 Å². The lowest BCUT2D eigenvalue weighted by atomic mass is 10.1. The van der Waals surface area contributed by atoms with Crippen molar-refractivity contribution in [1.82, 2.24) is 15.1 Å².